The highest BCUT2D eigenvalue weighted by Gasteiger charge is 2.58. The van der Waals surface area contributed by atoms with Gasteiger partial charge in [-0.1, -0.05) is 6.07 Å². The molecule has 0 saturated carbocycles. The molecule has 0 aliphatic rings. The molecule has 0 saturated heterocycles. The second-order valence-corrected chi connectivity index (χ2v) is 4.63. The van der Waals surface area contributed by atoms with Crippen molar-refractivity contribution in [3.63, 3.8) is 0 Å². The van der Waals surface area contributed by atoms with E-state index in [1.54, 1.807) is 11.4 Å². The van der Waals surface area contributed by atoms with E-state index in [1.807, 2.05) is 0 Å². The molecule has 8 heteroatoms. The number of fused-ring (bicyclic) bond motifs is 1. The van der Waals surface area contributed by atoms with Gasteiger partial charge in [-0.25, -0.2) is 4.79 Å². The number of carboxylic acid groups (broad SMARTS) is 1. The summed E-state index contributed by atoms with van der Waals surface area (Å²) in [5, 5.41) is 10.8. The monoisotopic (exact) mass is 300 g/mol. The lowest BCUT2D eigenvalue weighted by Gasteiger charge is -2.28. The normalized spacial score (nSPS) is 14.7. The number of alkyl halides is 3. The standard InChI is InChI=1S/C13H11F3N2O3/c1-12(11(20)21,13(14,15)16)18-10(19)8-3-2-4-9-7(8)5-6-17-9/h2-6,17H,1H3,(H,18,19)(H,20,21). The molecule has 1 aromatic heterocycles. The van der Waals surface area contributed by atoms with Crippen LogP contribution in [0.3, 0.4) is 0 Å². The highest BCUT2D eigenvalue weighted by atomic mass is 19.4. The predicted molar refractivity (Wildman–Crippen MR) is 67.9 cm³/mol. The van der Waals surface area contributed by atoms with E-state index in [4.69, 9.17) is 5.11 Å². The summed E-state index contributed by atoms with van der Waals surface area (Å²) in [6.45, 7) is 0.407. The van der Waals surface area contributed by atoms with Crippen LogP contribution in [0.4, 0.5) is 13.2 Å². The lowest BCUT2D eigenvalue weighted by Crippen LogP contribution is -2.61. The Balaban J connectivity index is 2.41. The Bertz CT molecular complexity index is 708. The third-order valence-electron chi connectivity index (χ3n) is 3.20. The molecule has 3 N–H and O–H groups in total. The Morgan fingerprint density at radius 3 is 2.48 bits per heavy atom. The van der Waals surface area contributed by atoms with Crippen LogP contribution >= 0.6 is 0 Å². The summed E-state index contributed by atoms with van der Waals surface area (Å²) in [4.78, 5) is 25.8. The van der Waals surface area contributed by atoms with Gasteiger partial charge in [0.15, 0.2) is 0 Å². The summed E-state index contributed by atoms with van der Waals surface area (Å²) in [6, 6.07) is 5.98. The minimum absolute atomic E-state index is 0.0366. The van der Waals surface area contributed by atoms with E-state index in [0.29, 0.717) is 17.8 Å². The van der Waals surface area contributed by atoms with Crippen LogP contribution < -0.4 is 5.32 Å². The van der Waals surface area contributed by atoms with Crippen molar-refractivity contribution in [1.29, 1.82) is 0 Å². The van der Waals surface area contributed by atoms with E-state index in [0.717, 1.165) is 0 Å². The number of carboxylic acids is 1. The summed E-state index contributed by atoms with van der Waals surface area (Å²) in [5.74, 6) is -3.29. The van der Waals surface area contributed by atoms with Gasteiger partial charge < -0.3 is 15.4 Å². The third-order valence-corrected chi connectivity index (χ3v) is 3.20. The summed E-state index contributed by atoms with van der Waals surface area (Å²) < 4.78 is 38.6. The molecule has 1 aromatic carbocycles. The van der Waals surface area contributed by atoms with Gasteiger partial charge in [0.25, 0.3) is 5.91 Å². The second kappa shape index (κ2) is 4.80. The third kappa shape index (κ3) is 2.44. The molecule has 112 valence electrons. The van der Waals surface area contributed by atoms with E-state index in [1.165, 1.54) is 24.4 Å². The number of carbonyl (C=O) groups excluding carboxylic acids is 1. The lowest BCUT2D eigenvalue weighted by molar-refractivity contribution is -0.203. The van der Waals surface area contributed by atoms with Crippen LogP contribution in [0, 0.1) is 0 Å². The largest absolute Gasteiger partial charge is 0.479 e. The van der Waals surface area contributed by atoms with Gasteiger partial charge in [-0.05, 0) is 25.1 Å². The molecule has 2 rings (SSSR count). The maximum absolute atomic E-state index is 12.9. The van der Waals surface area contributed by atoms with E-state index >= 15 is 0 Å². The number of aromatic amines is 1. The van der Waals surface area contributed by atoms with Crippen LogP contribution in [0.15, 0.2) is 30.5 Å². The Labute approximate surface area is 116 Å². The minimum Gasteiger partial charge on any atom is -0.479 e. The molecular formula is C13H11F3N2O3. The molecule has 21 heavy (non-hydrogen) atoms. The number of carbonyl (C=O) groups is 2. The first-order valence-electron chi connectivity index (χ1n) is 5.85. The molecule has 0 bridgehead atoms. The van der Waals surface area contributed by atoms with E-state index in [-0.39, 0.29) is 5.56 Å². The average Bonchev–Trinajstić information content (AvgIpc) is 2.84. The number of halogens is 3. The Morgan fingerprint density at radius 1 is 1.24 bits per heavy atom. The highest BCUT2D eigenvalue weighted by molar-refractivity contribution is 6.07. The molecule has 0 aliphatic heterocycles. The number of rotatable bonds is 3. The molecule has 5 nitrogen and oxygen atoms in total. The summed E-state index contributed by atoms with van der Waals surface area (Å²) >= 11 is 0. The molecule has 1 unspecified atom stereocenters. The van der Waals surface area contributed by atoms with Crippen LogP contribution in [0.2, 0.25) is 0 Å². The summed E-state index contributed by atoms with van der Waals surface area (Å²) in [5.41, 5.74) is -2.83. The fourth-order valence-electron chi connectivity index (χ4n) is 1.82. The van der Waals surface area contributed by atoms with Gasteiger partial charge in [-0.15, -0.1) is 0 Å². The minimum atomic E-state index is -5.12. The zero-order chi connectivity index (χ0) is 15.8. The van der Waals surface area contributed by atoms with Gasteiger partial charge in [0.1, 0.15) is 0 Å². The molecule has 1 atom stereocenters. The van der Waals surface area contributed by atoms with Crippen molar-refractivity contribution in [2.75, 3.05) is 0 Å². The molecule has 0 radical (unpaired) electrons. The number of aliphatic carboxylic acids is 1. The fraction of sp³-hybridized carbons (Fsp3) is 0.231. The number of hydrogen-bond acceptors (Lipinski definition) is 2. The highest BCUT2D eigenvalue weighted by Crippen LogP contribution is 2.31. The van der Waals surface area contributed by atoms with Gasteiger partial charge in [-0.3, -0.25) is 4.79 Å². The number of H-pyrrole nitrogens is 1. The van der Waals surface area contributed by atoms with Crippen molar-refractivity contribution in [3.05, 3.63) is 36.0 Å². The number of hydrogen-bond donors (Lipinski definition) is 3. The first-order chi connectivity index (χ1) is 9.67. The van der Waals surface area contributed by atoms with Crippen LogP contribution in [-0.2, 0) is 4.79 Å². The summed E-state index contributed by atoms with van der Waals surface area (Å²) in [7, 11) is 0. The second-order valence-electron chi connectivity index (χ2n) is 4.63. The predicted octanol–water partition coefficient (Wildman–Crippen LogP) is 2.30. The first kappa shape index (κ1) is 14.9. The molecular weight excluding hydrogens is 289 g/mol. The molecule has 0 aliphatic carbocycles. The Kier molecular flexibility index (Phi) is 3.40. The van der Waals surface area contributed by atoms with Crippen molar-refractivity contribution in [2.45, 2.75) is 18.6 Å². The zero-order valence-corrected chi connectivity index (χ0v) is 10.8. The quantitative estimate of drug-likeness (QED) is 0.813. The first-order valence-corrected chi connectivity index (χ1v) is 5.85. The molecule has 1 amide bonds. The number of aromatic nitrogens is 1. The molecule has 0 spiro atoms. The van der Waals surface area contributed by atoms with Gasteiger partial charge >= 0.3 is 12.1 Å². The Hall–Kier alpha value is -2.51. The van der Waals surface area contributed by atoms with Crippen LogP contribution in [-0.4, -0.2) is 33.7 Å². The van der Waals surface area contributed by atoms with Gasteiger partial charge in [0.2, 0.25) is 5.54 Å². The maximum Gasteiger partial charge on any atom is 0.422 e. The number of benzene rings is 1. The lowest BCUT2D eigenvalue weighted by atomic mass is 10.0. The number of amides is 1. The van der Waals surface area contributed by atoms with Crippen molar-refractivity contribution >= 4 is 22.8 Å². The molecule has 0 fully saturated rings. The van der Waals surface area contributed by atoms with Crippen molar-refractivity contribution in [1.82, 2.24) is 10.3 Å². The van der Waals surface area contributed by atoms with Gasteiger partial charge in [0.05, 0.1) is 0 Å². The van der Waals surface area contributed by atoms with Crippen molar-refractivity contribution < 1.29 is 27.9 Å². The van der Waals surface area contributed by atoms with Crippen LogP contribution in [0.1, 0.15) is 17.3 Å². The molecule has 2 aromatic rings. The number of nitrogens with one attached hydrogen (secondary N) is 2. The maximum atomic E-state index is 12.9. The van der Waals surface area contributed by atoms with Crippen molar-refractivity contribution in [3.8, 4) is 0 Å². The van der Waals surface area contributed by atoms with E-state index in [9.17, 15) is 22.8 Å². The topological polar surface area (TPSA) is 82.2 Å². The van der Waals surface area contributed by atoms with Gasteiger partial charge in [-0.2, -0.15) is 13.2 Å². The fourth-order valence-corrected chi connectivity index (χ4v) is 1.82. The van der Waals surface area contributed by atoms with Crippen molar-refractivity contribution in [2.24, 2.45) is 0 Å². The summed E-state index contributed by atoms with van der Waals surface area (Å²) in [6.07, 6.45) is -3.60. The van der Waals surface area contributed by atoms with Crippen LogP contribution in [0.5, 0.6) is 0 Å². The van der Waals surface area contributed by atoms with E-state index < -0.39 is 23.6 Å². The van der Waals surface area contributed by atoms with Gasteiger partial charge in [0, 0.05) is 22.7 Å². The van der Waals surface area contributed by atoms with E-state index in [2.05, 4.69) is 4.98 Å². The zero-order valence-electron chi connectivity index (χ0n) is 10.8. The molecule has 1 heterocycles. The average molecular weight is 300 g/mol. The SMILES string of the molecule is CC(NC(=O)c1cccc2[nH]ccc12)(C(=O)O)C(F)(F)F. The smallest absolute Gasteiger partial charge is 0.422 e. The van der Waals surface area contributed by atoms with Crippen LogP contribution in [0.25, 0.3) is 10.9 Å². The Morgan fingerprint density at radius 2 is 1.90 bits per heavy atom.